The lowest BCUT2D eigenvalue weighted by atomic mass is 9.82. The zero-order valence-electron chi connectivity index (χ0n) is 13.1. The van der Waals surface area contributed by atoms with Gasteiger partial charge in [-0.15, -0.1) is 0 Å². The Bertz CT molecular complexity index is 624. The van der Waals surface area contributed by atoms with Gasteiger partial charge in [-0.1, -0.05) is 57.2 Å². The number of carbonyl (C=O) groups is 1. The highest BCUT2D eigenvalue weighted by Crippen LogP contribution is 2.28. The molecule has 110 valence electrons. The first-order chi connectivity index (χ1) is 9.99. The van der Waals surface area contributed by atoms with Gasteiger partial charge in [0, 0.05) is 5.56 Å². The second-order valence-electron chi connectivity index (χ2n) is 5.84. The van der Waals surface area contributed by atoms with Crippen LogP contribution in [0.3, 0.4) is 0 Å². The van der Waals surface area contributed by atoms with Crippen LogP contribution in [0.5, 0.6) is 5.75 Å². The first kappa shape index (κ1) is 15.3. The van der Waals surface area contributed by atoms with E-state index in [0.29, 0.717) is 16.9 Å². The summed E-state index contributed by atoms with van der Waals surface area (Å²) in [4.78, 5) is 12.6. The number of hydrogen-bond acceptors (Lipinski definition) is 2. The van der Waals surface area contributed by atoms with Gasteiger partial charge in [0.2, 0.25) is 0 Å². The van der Waals surface area contributed by atoms with E-state index in [1.807, 2.05) is 42.5 Å². The van der Waals surface area contributed by atoms with Crippen LogP contribution in [0.2, 0.25) is 0 Å². The average molecular weight is 282 g/mol. The van der Waals surface area contributed by atoms with Crippen LogP contribution in [0.25, 0.3) is 0 Å². The lowest BCUT2D eigenvalue weighted by molar-refractivity contribution is 0.103. The van der Waals surface area contributed by atoms with Crippen molar-refractivity contribution in [3.05, 3.63) is 65.2 Å². The van der Waals surface area contributed by atoms with Crippen LogP contribution in [-0.4, -0.2) is 12.9 Å². The van der Waals surface area contributed by atoms with E-state index in [4.69, 9.17) is 4.74 Å². The summed E-state index contributed by atoms with van der Waals surface area (Å²) in [5, 5.41) is 0. The van der Waals surface area contributed by atoms with Gasteiger partial charge in [-0.3, -0.25) is 4.79 Å². The Hall–Kier alpha value is -2.09. The molecule has 2 nitrogen and oxygen atoms in total. The minimum atomic E-state index is -0.00620. The van der Waals surface area contributed by atoms with Gasteiger partial charge in [-0.25, -0.2) is 0 Å². The molecule has 0 N–H and O–H groups in total. The summed E-state index contributed by atoms with van der Waals surface area (Å²) in [6, 6.07) is 15.2. The summed E-state index contributed by atoms with van der Waals surface area (Å²) in [5.41, 5.74) is 2.67. The molecule has 0 atom stereocenters. The lowest BCUT2D eigenvalue weighted by Gasteiger charge is -2.23. The number of benzene rings is 2. The molecular formula is C19H22O2. The summed E-state index contributed by atoms with van der Waals surface area (Å²) in [5.74, 6) is 0.605. The van der Waals surface area contributed by atoms with Gasteiger partial charge in [0.1, 0.15) is 5.75 Å². The zero-order valence-corrected chi connectivity index (χ0v) is 13.1. The normalized spacial score (nSPS) is 11.2. The minimum absolute atomic E-state index is 0.00620. The number of carbonyl (C=O) groups excluding carboxylic acids is 1. The molecule has 2 aromatic carbocycles. The van der Waals surface area contributed by atoms with Crippen LogP contribution >= 0.6 is 0 Å². The Kier molecular flexibility index (Phi) is 4.46. The molecule has 21 heavy (non-hydrogen) atoms. The van der Waals surface area contributed by atoms with Crippen molar-refractivity contribution in [2.75, 3.05) is 7.11 Å². The Labute approximate surface area is 126 Å². The molecule has 0 fully saturated rings. The minimum Gasteiger partial charge on any atom is -0.496 e. The third-order valence-corrected chi connectivity index (χ3v) is 4.16. The van der Waals surface area contributed by atoms with Crippen molar-refractivity contribution in [3.8, 4) is 5.75 Å². The summed E-state index contributed by atoms with van der Waals surface area (Å²) in [7, 11) is 1.58. The molecule has 0 aromatic heterocycles. The fourth-order valence-electron chi connectivity index (χ4n) is 2.26. The van der Waals surface area contributed by atoms with Gasteiger partial charge in [0.15, 0.2) is 5.78 Å². The molecule has 0 spiro atoms. The molecule has 2 heteroatoms. The smallest absolute Gasteiger partial charge is 0.196 e. The number of methoxy groups -OCH3 is 1. The van der Waals surface area contributed by atoms with Gasteiger partial charge in [-0.2, -0.15) is 0 Å². The van der Waals surface area contributed by atoms with Gasteiger partial charge < -0.3 is 4.74 Å². The van der Waals surface area contributed by atoms with Crippen molar-refractivity contribution in [1.82, 2.24) is 0 Å². The van der Waals surface area contributed by atoms with Crippen LogP contribution in [0.1, 0.15) is 48.7 Å². The maximum Gasteiger partial charge on any atom is 0.196 e. The van der Waals surface area contributed by atoms with E-state index in [-0.39, 0.29) is 11.2 Å². The summed E-state index contributed by atoms with van der Waals surface area (Å²) in [6.45, 7) is 6.60. The van der Waals surface area contributed by atoms with E-state index in [9.17, 15) is 4.79 Å². The molecule has 0 aliphatic carbocycles. The van der Waals surface area contributed by atoms with Crippen LogP contribution in [-0.2, 0) is 5.41 Å². The molecule has 0 heterocycles. The van der Waals surface area contributed by atoms with Gasteiger partial charge in [-0.05, 0) is 29.5 Å². The quantitative estimate of drug-likeness (QED) is 0.748. The van der Waals surface area contributed by atoms with Crippen molar-refractivity contribution < 1.29 is 9.53 Å². The molecule has 0 radical (unpaired) electrons. The van der Waals surface area contributed by atoms with Crippen molar-refractivity contribution in [3.63, 3.8) is 0 Å². The predicted molar refractivity (Wildman–Crippen MR) is 86.2 cm³/mol. The largest absolute Gasteiger partial charge is 0.496 e. The molecule has 0 unspecified atom stereocenters. The lowest BCUT2D eigenvalue weighted by Crippen LogP contribution is -2.15. The first-order valence-electron chi connectivity index (χ1n) is 7.28. The second kappa shape index (κ2) is 6.13. The fraction of sp³-hybridized carbons (Fsp3) is 0.316. The fourth-order valence-corrected chi connectivity index (χ4v) is 2.26. The van der Waals surface area contributed by atoms with Crippen molar-refractivity contribution in [2.24, 2.45) is 0 Å². The van der Waals surface area contributed by atoms with Crippen molar-refractivity contribution >= 4 is 5.78 Å². The summed E-state index contributed by atoms with van der Waals surface area (Å²) in [6.07, 6.45) is 1.06. The average Bonchev–Trinajstić information content (AvgIpc) is 2.54. The molecule has 0 bridgehead atoms. The second-order valence-corrected chi connectivity index (χ2v) is 5.84. The monoisotopic (exact) mass is 282 g/mol. The summed E-state index contributed by atoms with van der Waals surface area (Å²) >= 11 is 0. The number of rotatable bonds is 5. The van der Waals surface area contributed by atoms with Crippen molar-refractivity contribution in [1.29, 1.82) is 0 Å². The SMILES string of the molecule is CCC(C)(C)c1ccc(C(=O)c2ccccc2OC)cc1. The highest BCUT2D eigenvalue weighted by molar-refractivity contribution is 6.10. The number of hydrogen-bond donors (Lipinski definition) is 0. The number of ketones is 1. The van der Waals surface area contributed by atoms with E-state index in [0.717, 1.165) is 6.42 Å². The maximum atomic E-state index is 12.6. The third-order valence-electron chi connectivity index (χ3n) is 4.16. The highest BCUT2D eigenvalue weighted by atomic mass is 16.5. The number of ether oxygens (including phenoxy) is 1. The van der Waals surface area contributed by atoms with Gasteiger partial charge in [0.05, 0.1) is 12.7 Å². The standard InChI is InChI=1S/C19H22O2/c1-5-19(2,3)15-12-10-14(11-13-15)18(20)16-8-6-7-9-17(16)21-4/h6-13H,5H2,1-4H3. The zero-order chi connectivity index (χ0) is 15.5. The van der Waals surface area contributed by atoms with Crippen molar-refractivity contribution in [2.45, 2.75) is 32.6 Å². The van der Waals surface area contributed by atoms with E-state index in [1.165, 1.54) is 5.56 Å². The Morgan fingerprint density at radius 2 is 1.67 bits per heavy atom. The third kappa shape index (κ3) is 3.15. The Morgan fingerprint density at radius 3 is 2.24 bits per heavy atom. The topological polar surface area (TPSA) is 26.3 Å². The van der Waals surface area contributed by atoms with Crippen LogP contribution < -0.4 is 4.74 Å². The molecular weight excluding hydrogens is 260 g/mol. The van der Waals surface area contributed by atoms with E-state index >= 15 is 0 Å². The van der Waals surface area contributed by atoms with Crippen LogP contribution in [0.15, 0.2) is 48.5 Å². The maximum absolute atomic E-state index is 12.6. The van der Waals surface area contributed by atoms with Crippen LogP contribution in [0.4, 0.5) is 0 Å². The predicted octanol–water partition coefficient (Wildman–Crippen LogP) is 4.61. The molecule has 0 aliphatic heterocycles. The van der Waals surface area contributed by atoms with Gasteiger partial charge in [0.25, 0.3) is 0 Å². The van der Waals surface area contributed by atoms with Gasteiger partial charge >= 0.3 is 0 Å². The molecule has 0 saturated carbocycles. The van der Waals surface area contributed by atoms with Crippen LogP contribution in [0, 0.1) is 0 Å². The molecule has 0 aliphatic rings. The summed E-state index contributed by atoms with van der Waals surface area (Å²) < 4.78 is 5.26. The Balaban J connectivity index is 2.33. The highest BCUT2D eigenvalue weighted by Gasteiger charge is 2.19. The molecule has 2 aromatic rings. The molecule has 0 saturated heterocycles. The molecule has 0 amide bonds. The number of para-hydroxylation sites is 1. The molecule has 2 rings (SSSR count). The Morgan fingerprint density at radius 1 is 1.05 bits per heavy atom. The first-order valence-corrected chi connectivity index (χ1v) is 7.28. The van der Waals surface area contributed by atoms with E-state index < -0.39 is 0 Å². The van der Waals surface area contributed by atoms with E-state index in [1.54, 1.807) is 13.2 Å². The van der Waals surface area contributed by atoms with E-state index in [2.05, 4.69) is 20.8 Å².